The summed E-state index contributed by atoms with van der Waals surface area (Å²) in [7, 11) is 0.881. The molecular formula is C19H17ClF5N3O2S. The van der Waals surface area contributed by atoms with Crippen molar-refractivity contribution in [3.63, 3.8) is 0 Å². The van der Waals surface area contributed by atoms with Crippen molar-refractivity contribution in [3.8, 4) is 0 Å². The first kappa shape index (κ1) is 23.6. The summed E-state index contributed by atoms with van der Waals surface area (Å²) in [6.07, 6.45) is -2.39. The number of aromatic nitrogens is 1. The van der Waals surface area contributed by atoms with Crippen molar-refractivity contribution in [2.75, 3.05) is 30.1 Å². The lowest BCUT2D eigenvalue weighted by Crippen LogP contribution is -2.49. The summed E-state index contributed by atoms with van der Waals surface area (Å²) in [6, 6.07) is 3.38. The number of amides is 1. The van der Waals surface area contributed by atoms with E-state index in [0.29, 0.717) is 10.7 Å². The van der Waals surface area contributed by atoms with Gasteiger partial charge in [-0.2, -0.15) is 13.2 Å². The molecule has 168 valence electrons. The molecule has 12 heteroatoms. The van der Waals surface area contributed by atoms with Crippen LogP contribution in [0.4, 0.5) is 33.3 Å². The lowest BCUT2D eigenvalue weighted by atomic mass is 9.99. The largest absolute Gasteiger partial charge is 0.419 e. The Hall–Kier alpha value is -2.11. The first-order valence-corrected chi connectivity index (χ1v) is 10.5. The molecule has 1 saturated heterocycles. The number of alkyl halides is 3. The maximum atomic E-state index is 14.0. The Morgan fingerprint density at radius 3 is 2.68 bits per heavy atom. The molecule has 1 fully saturated rings. The number of nitrogens with zero attached hydrogens (tertiary/aromatic N) is 2. The monoisotopic (exact) mass is 481 g/mol. The molecule has 2 heterocycles. The number of pyridine rings is 1. The summed E-state index contributed by atoms with van der Waals surface area (Å²) in [5.74, 6) is -3.47. The van der Waals surface area contributed by atoms with Crippen molar-refractivity contribution >= 4 is 40.6 Å². The predicted molar refractivity (Wildman–Crippen MR) is 108 cm³/mol. The zero-order valence-electron chi connectivity index (χ0n) is 16.3. The predicted octanol–water partition coefficient (Wildman–Crippen LogP) is 4.90. The van der Waals surface area contributed by atoms with Crippen LogP contribution in [0.15, 0.2) is 35.5 Å². The maximum Gasteiger partial charge on any atom is 0.419 e. The van der Waals surface area contributed by atoms with Crippen LogP contribution < -0.4 is 10.2 Å². The van der Waals surface area contributed by atoms with Gasteiger partial charge in [0.05, 0.1) is 17.3 Å². The Bertz CT molecular complexity index is 994. The molecule has 0 saturated carbocycles. The van der Waals surface area contributed by atoms with E-state index in [2.05, 4.69) is 10.3 Å². The lowest BCUT2D eigenvalue weighted by Gasteiger charge is -2.30. The third-order valence-electron chi connectivity index (χ3n) is 5.07. The first-order chi connectivity index (χ1) is 14.5. The van der Waals surface area contributed by atoms with Crippen molar-refractivity contribution in [1.82, 2.24) is 4.98 Å². The third kappa shape index (κ3) is 4.44. The van der Waals surface area contributed by atoms with Crippen molar-refractivity contribution in [2.45, 2.75) is 29.3 Å². The fourth-order valence-corrected chi connectivity index (χ4v) is 4.06. The SMILES string of the molecule is COC1(C(F)(F)F)CC(C(=O)Nc2ccnc(SC)c2)N(c2ccc(F)c(F)c2Cl)C1. The minimum absolute atomic E-state index is 0.247. The quantitative estimate of drug-likeness (QED) is 0.374. The number of rotatable bonds is 5. The van der Waals surface area contributed by atoms with Gasteiger partial charge in [-0.15, -0.1) is 11.8 Å². The number of nitrogens with one attached hydrogen (secondary N) is 1. The van der Waals surface area contributed by atoms with Gasteiger partial charge in [-0.25, -0.2) is 13.8 Å². The van der Waals surface area contributed by atoms with E-state index < -0.39 is 53.3 Å². The van der Waals surface area contributed by atoms with Gasteiger partial charge in [0, 0.05) is 25.4 Å². The summed E-state index contributed by atoms with van der Waals surface area (Å²) < 4.78 is 73.9. The summed E-state index contributed by atoms with van der Waals surface area (Å²) in [6.45, 7) is -0.831. The van der Waals surface area contributed by atoms with Crippen LogP contribution in [0.2, 0.25) is 5.02 Å². The number of methoxy groups -OCH3 is 1. The van der Waals surface area contributed by atoms with E-state index in [4.69, 9.17) is 16.3 Å². The molecule has 1 aromatic carbocycles. The molecule has 2 unspecified atom stereocenters. The molecule has 1 aromatic heterocycles. The zero-order chi connectivity index (χ0) is 23.0. The third-order valence-corrected chi connectivity index (χ3v) is 6.07. The van der Waals surface area contributed by atoms with Crippen LogP contribution in [0, 0.1) is 11.6 Å². The molecule has 1 amide bonds. The normalized spacial score (nSPS) is 21.4. The summed E-state index contributed by atoms with van der Waals surface area (Å²) in [5, 5.41) is 2.42. The molecule has 1 aliphatic heterocycles. The fraction of sp³-hybridized carbons (Fsp3) is 0.368. The van der Waals surface area contributed by atoms with Gasteiger partial charge in [-0.3, -0.25) is 4.79 Å². The average Bonchev–Trinajstić information content (AvgIpc) is 3.13. The lowest BCUT2D eigenvalue weighted by molar-refractivity contribution is -0.261. The van der Waals surface area contributed by atoms with Crippen LogP contribution in [0.25, 0.3) is 0 Å². The Balaban J connectivity index is 2.01. The van der Waals surface area contributed by atoms with Crippen LogP contribution >= 0.6 is 23.4 Å². The van der Waals surface area contributed by atoms with Crippen LogP contribution in [0.1, 0.15) is 6.42 Å². The smallest absolute Gasteiger partial charge is 0.367 e. The standard InChI is InChI=1S/C19H17ClF5N3O2S/c1-30-18(19(23,24)25)8-13(17(29)27-10-5-6-26-14(7-10)31-2)28(9-18)12-4-3-11(21)16(22)15(12)20/h3-7,13H,8-9H2,1-2H3,(H,26,27,29). The molecule has 0 radical (unpaired) electrons. The zero-order valence-corrected chi connectivity index (χ0v) is 17.8. The van der Waals surface area contributed by atoms with Crippen LogP contribution in [-0.4, -0.2) is 48.6 Å². The Morgan fingerprint density at radius 2 is 2.06 bits per heavy atom. The van der Waals surface area contributed by atoms with E-state index in [0.717, 1.165) is 24.1 Å². The Labute approximate surface area is 183 Å². The highest BCUT2D eigenvalue weighted by molar-refractivity contribution is 7.98. The molecule has 0 aliphatic carbocycles. The Morgan fingerprint density at radius 1 is 1.35 bits per heavy atom. The number of halogens is 6. The number of hydrogen-bond acceptors (Lipinski definition) is 5. The molecule has 2 atom stereocenters. The summed E-state index contributed by atoms with van der Waals surface area (Å²) >= 11 is 7.19. The van der Waals surface area contributed by atoms with Crippen molar-refractivity contribution < 1.29 is 31.5 Å². The van der Waals surface area contributed by atoms with E-state index in [1.807, 2.05) is 0 Å². The first-order valence-electron chi connectivity index (χ1n) is 8.86. The second-order valence-corrected chi connectivity index (χ2v) is 8.02. The topological polar surface area (TPSA) is 54.5 Å². The van der Waals surface area contributed by atoms with Gasteiger partial charge in [0.1, 0.15) is 11.1 Å². The number of ether oxygens (including phenoxy) is 1. The van der Waals surface area contributed by atoms with Crippen LogP contribution in [0.3, 0.4) is 0 Å². The molecule has 1 aliphatic rings. The van der Waals surface area contributed by atoms with Gasteiger partial charge in [-0.1, -0.05) is 11.6 Å². The van der Waals surface area contributed by atoms with Crippen LogP contribution in [-0.2, 0) is 9.53 Å². The van der Waals surface area contributed by atoms with E-state index in [1.54, 1.807) is 12.3 Å². The number of benzene rings is 1. The van der Waals surface area contributed by atoms with Crippen LogP contribution in [0.5, 0.6) is 0 Å². The highest BCUT2D eigenvalue weighted by atomic mass is 35.5. The van der Waals surface area contributed by atoms with Crippen molar-refractivity contribution in [2.24, 2.45) is 0 Å². The highest BCUT2D eigenvalue weighted by Crippen LogP contribution is 2.46. The van der Waals surface area contributed by atoms with E-state index in [-0.39, 0.29) is 5.69 Å². The van der Waals surface area contributed by atoms with Crippen molar-refractivity contribution in [1.29, 1.82) is 0 Å². The molecule has 0 spiro atoms. The summed E-state index contributed by atoms with van der Waals surface area (Å²) in [5.41, 5.74) is -2.63. The molecule has 31 heavy (non-hydrogen) atoms. The average molecular weight is 482 g/mol. The minimum atomic E-state index is -4.83. The molecular weight excluding hydrogens is 465 g/mol. The van der Waals surface area contributed by atoms with Gasteiger partial charge < -0.3 is 15.0 Å². The van der Waals surface area contributed by atoms with E-state index >= 15 is 0 Å². The number of thioether (sulfide) groups is 1. The highest BCUT2D eigenvalue weighted by Gasteiger charge is 2.63. The number of carbonyl (C=O) groups excluding carboxylic acids is 1. The Kier molecular flexibility index (Phi) is 6.68. The molecule has 1 N–H and O–H groups in total. The number of hydrogen-bond donors (Lipinski definition) is 1. The minimum Gasteiger partial charge on any atom is -0.367 e. The van der Waals surface area contributed by atoms with Gasteiger partial charge in [0.15, 0.2) is 17.2 Å². The molecule has 3 rings (SSSR count). The maximum absolute atomic E-state index is 14.0. The number of anilines is 2. The van der Waals surface area contributed by atoms with E-state index in [1.165, 1.54) is 24.0 Å². The van der Waals surface area contributed by atoms with Gasteiger partial charge in [0.25, 0.3) is 0 Å². The summed E-state index contributed by atoms with van der Waals surface area (Å²) in [4.78, 5) is 18.0. The second-order valence-electron chi connectivity index (χ2n) is 6.81. The van der Waals surface area contributed by atoms with Crippen molar-refractivity contribution in [3.05, 3.63) is 47.1 Å². The fourth-order valence-electron chi connectivity index (χ4n) is 3.39. The second kappa shape index (κ2) is 8.79. The van der Waals surface area contributed by atoms with Gasteiger partial charge in [-0.05, 0) is 30.5 Å². The molecule has 5 nitrogen and oxygen atoms in total. The van der Waals surface area contributed by atoms with E-state index in [9.17, 15) is 26.7 Å². The van der Waals surface area contributed by atoms with Gasteiger partial charge in [0.2, 0.25) is 5.91 Å². The van der Waals surface area contributed by atoms with Gasteiger partial charge >= 0.3 is 6.18 Å². The molecule has 0 bridgehead atoms. The number of carbonyl (C=O) groups is 1. The molecule has 2 aromatic rings.